The fraction of sp³-hybridized carbons (Fsp3) is 0.259. The first-order chi connectivity index (χ1) is 15.4. The van der Waals surface area contributed by atoms with Crippen molar-refractivity contribution in [3.63, 3.8) is 0 Å². The van der Waals surface area contributed by atoms with E-state index in [0.29, 0.717) is 11.1 Å². The van der Waals surface area contributed by atoms with Crippen molar-refractivity contribution in [1.29, 1.82) is 0 Å². The molecule has 0 amide bonds. The van der Waals surface area contributed by atoms with Crippen LogP contribution in [-0.2, 0) is 19.1 Å². The van der Waals surface area contributed by atoms with E-state index < -0.39 is 19.9 Å². The van der Waals surface area contributed by atoms with Crippen molar-refractivity contribution in [3.05, 3.63) is 87.5 Å². The highest BCUT2D eigenvalue weighted by atomic mass is 31.1. The molecule has 2 atom stereocenters. The molecule has 2 aliphatic rings. The van der Waals surface area contributed by atoms with Crippen LogP contribution in [0.5, 0.6) is 0 Å². The molecule has 4 nitrogen and oxygen atoms in total. The normalized spacial score (nSPS) is 21.3. The third-order valence-electron chi connectivity index (χ3n) is 6.22. The number of aryl methyl sites for hydroxylation is 1. The third-order valence-corrected chi connectivity index (χ3v) is 9.57. The summed E-state index contributed by atoms with van der Waals surface area (Å²) in [6.45, 7) is 6.15. The minimum absolute atomic E-state index is 0.168. The van der Waals surface area contributed by atoms with Crippen molar-refractivity contribution in [3.8, 4) is 11.8 Å². The van der Waals surface area contributed by atoms with Crippen LogP contribution < -0.4 is 5.30 Å². The van der Waals surface area contributed by atoms with Gasteiger partial charge in [-0.2, -0.15) is 0 Å². The predicted octanol–water partition coefficient (Wildman–Crippen LogP) is 4.25. The number of rotatable bonds is 3. The predicted molar refractivity (Wildman–Crippen MR) is 127 cm³/mol. The maximum absolute atomic E-state index is 12.8. The second-order valence-electron chi connectivity index (χ2n) is 8.02. The molecule has 0 spiro atoms. The Hall–Kier alpha value is -3.15. The van der Waals surface area contributed by atoms with E-state index in [1.165, 1.54) is 19.8 Å². The van der Waals surface area contributed by atoms with Crippen molar-refractivity contribution in [1.82, 2.24) is 0 Å². The van der Waals surface area contributed by atoms with Gasteiger partial charge < -0.3 is 9.47 Å². The van der Waals surface area contributed by atoms with Crippen LogP contribution in [-0.4, -0.2) is 37.5 Å². The van der Waals surface area contributed by atoms with E-state index in [2.05, 4.69) is 17.9 Å². The van der Waals surface area contributed by atoms with Gasteiger partial charge in [-0.25, -0.2) is 9.59 Å². The van der Waals surface area contributed by atoms with Crippen LogP contribution in [0.25, 0.3) is 0 Å². The van der Waals surface area contributed by atoms with Crippen molar-refractivity contribution in [2.75, 3.05) is 14.2 Å². The highest BCUT2D eigenvalue weighted by Crippen LogP contribution is 2.67. The molecular weight excluding hydrogens is 419 g/mol. The molecule has 2 bridgehead atoms. The zero-order valence-electron chi connectivity index (χ0n) is 18.9. The summed E-state index contributed by atoms with van der Waals surface area (Å²) in [5, 5.41) is 1.09. The fourth-order valence-electron chi connectivity index (χ4n) is 4.53. The van der Waals surface area contributed by atoms with Crippen LogP contribution in [0.1, 0.15) is 30.5 Å². The van der Waals surface area contributed by atoms with Gasteiger partial charge in [0.05, 0.1) is 25.4 Å². The van der Waals surface area contributed by atoms with Crippen LogP contribution >= 0.6 is 7.92 Å². The van der Waals surface area contributed by atoms with E-state index >= 15 is 0 Å². The lowest BCUT2D eigenvalue weighted by Crippen LogP contribution is -2.24. The number of esters is 2. The van der Waals surface area contributed by atoms with Gasteiger partial charge in [0.2, 0.25) is 0 Å². The van der Waals surface area contributed by atoms with Crippen molar-refractivity contribution < 1.29 is 19.1 Å². The quantitative estimate of drug-likeness (QED) is 0.308. The van der Waals surface area contributed by atoms with Crippen molar-refractivity contribution >= 4 is 25.2 Å². The van der Waals surface area contributed by atoms with Gasteiger partial charge in [0.15, 0.2) is 0 Å². The lowest BCUT2D eigenvalue weighted by Gasteiger charge is -2.22. The molecule has 2 aromatic rings. The maximum atomic E-state index is 12.8. The summed E-state index contributed by atoms with van der Waals surface area (Å²) in [6.07, 6.45) is 0. The van der Waals surface area contributed by atoms with E-state index in [-0.39, 0.29) is 11.3 Å². The van der Waals surface area contributed by atoms with Crippen LogP contribution in [0, 0.1) is 18.8 Å². The van der Waals surface area contributed by atoms with Gasteiger partial charge in [0.25, 0.3) is 0 Å². The summed E-state index contributed by atoms with van der Waals surface area (Å²) in [4.78, 5) is 25.5. The molecule has 0 N–H and O–H groups in total. The second-order valence-corrected chi connectivity index (χ2v) is 10.4. The Bertz CT molecular complexity index is 1180. The Labute approximate surface area is 190 Å². The van der Waals surface area contributed by atoms with Gasteiger partial charge in [-0.3, -0.25) is 0 Å². The molecular formula is C27H25O4P. The fourth-order valence-corrected chi connectivity index (χ4v) is 8.33. The molecule has 162 valence electrons. The number of carbonyl (C=O) groups is 2. The van der Waals surface area contributed by atoms with Gasteiger partial charge in [0.1, 0.15) is 0 Å². The molecule has 4 rings (SSSR count). The summed E-state index contributed by atoms with van der Waals surface area (Å²) in [5.41, 5.74) is 5.88. The Morgan fingerprint density at radius 2 is 1.31 bits per heavy atom. The first-order valence-corrected chi connectivity index (χ1v) is 11.9. The molecule has 0 saturated carbocycles. The average molecular weight is 444 g/mol. The van der Waals surface area contributed by atoms with Gasteiger partial charge in [-0.05, 0) is 52.2 Å². The van der Waals surface area contributed by atoms with Crippen LogP contribution in [0.15, 0.2) is 70.8 Å². The number of allylic oxidation sites excluding steroid dienone is 2. The smallest absolute Gasteiger partial charge is 0.335 e. The summed E-state index contributed by atoms with van der Waals surface area (Å²) < 4.78 is 10.2. The molecule has 2 aromatic carbocycles. The SMILES string of the molecule is COC(=O)C1=C(C(=O)OC)C2C(C)=C(C)C1P2c1ccccc1C#Cc1ccc(C)cc1. The van der Waals surface area contributed by atoms with Crippen LogP contribution in [0.3, 0.4) is 0 Å². The number of benzene rings is 2. The van der Waals surface area contributed by atoms with E-state index in [1.54, 1.807) is 0 Å². The second kappa shape index (κ2) is 8.77. The van der Waals surface area contributed by atoms with Gasteiger partial charge in [-0.1, -0.05) is 58.9 Å². The number of carbonyl (C=O) groups excluding carboxylic acids is 2. The largest absolute Gasteiger partial charge is 0.466 e. The van der Waals surface area contributed by atoms with E-state index in [1.807, 2.05) is 63.2 Å². The summed E-state index contributed by atoms with van der Waals surface area (Å²) in [5.74, 6) is 5.69. The third kappa shape index (κ3) is 3.57. The summed E-state index contributed by atoms with van der Waals surface area (Å²) >= 11 is 0. The van der Waals surface area contributed by atoms with Crippen LogP contribution in [0.2, 0.25) is 0 Å². The topological polar surface area (TPSA) is 52.6 Å². The highest BCUT2D eigenvalue weighted by Gasteiger charge is 2.55. The van der Waals surface area contributed by atoms with E-state index in [0.717, 1.165) is 27.6 Å². The first kappa shape index (κ1) is 22.1. The molecule has 2 aliphatic heterocycles. The lowest BCUT2D eigenvalue weighted by atomic mass is 9.87. The molecule has 0 saturated heterocycles. The first-order valence-electron chi connectivity index (χ1n) is 10.4. The number of fused-ring (bicyclic) bond motifs is 2. The number of hydrogen-bond acceptors (Lipinski definition) is 4. The number of hydrogen-bond donors (Lipinski definition) is 0. The molecule has 2 unspecified atom stereocenters. The average Bonchev–Trinajstić information content (AvgIpc) is 3.28. The van der Waals surface area contributed by atoms with Gasteiger partial charge in [-0.15, -0.1) is 0 Å². The lowest BCUT2D eigenvalue weighted by molar-refractivity contribution is -0.139. The number of ether oxygens (including phenoxy) is 2. The van der Waals surface area contributed by atoms with Crippen molar-refractivity contribution in [2.24, 2.45) is 0 Å². The number of methoxy groups -OCH3 is 2. The molecule has 2 heterocycles. The summed E-state index contributed by atoms with van der Waals surface area (Å²) in [6, 6.07) is 16.2. The standard InChI is InChI=1S/C27H25O4P/c1-16-10-12-19(13-11-16)14-15-20-8-6-7-9-21(20)32-24-17(2)18(3)25(32)23(27(29)31-5)22(24)26(28)30-4/h6-13,24-25H,1-5H3. The summed E-state index contributed by atoms with van der Waals surface area (Å²) in [7, 11) is 1.76. The van der Waals surface area contributed by atoms with Gasteiger partial charge in [0, 0.05) is 22.4 Å². The Balaban J connectivity index is 1.82. The molecule has 0 aliphatic carbocycles. The monoisotopic (exact) mass is 444 g/mol. The Morgan fingerprint density at radius 1 is 0.781 bits per heavy atom. The Kier molecular flexibility index (Phi) is 6.04. The van der Waals surface area contributed by atoms with Crippen molar-refractivity contribution in [2.45, 2.75) is 32.1 Å². The van der Waals surface area contributed by atoms with E-state index in [4.69, 9.17) is 9.47 Å². The molecule has 32 heavy (non-hydrogen) atoms. The minimum Gasteiger partial charge on any atom is -0.466 e. The zero-order chi connectivity index (χ0) is 23.0. The van der Waals surface area contributed by atoms with Gasteiger partial charge >= 0.3 is 11.9 Å². The maximum Gasteiger partial charge on any atom is 0.335 e. The highest BCUT2D eigenvalue weighted by molar-refractivity contribution is 7.69. The zero-order valence-corrected chi connectivity index (χ0v) is 19.7. The molecule has 0 aromatic heterocycles. The van der Waals surface area contributed by atoms with E-state index in [9.17, 15) is 9.59 Å². The molecule has 5 heteroatoms. The molecule has 0 radical (unpaired) electrons. The molecule has 0 fully saturated rings. The minimum atomic E-state index is -0.944. The van der Waals surface area contributed by atoms with Crippen LogP contribution in [0.4, 0.5) is 0 Å². The Morgan fingerprint density at radius 3 is 1.84 bits per heavy atom.